The standard InChI is InChI=1S/C9H12F3N3O2S2/c1-5(7(16)13-4-9(10,11)12)19-8-15-14-6(17-8)3-18-2/h5H,3-4H2,1-2H3,(H,13,16). The average molecular weight is 315 g/mol. The topological polar surface area (TPSA) is 68.0 Å². The smallest absolute Gasteiger partial charge is 0.405 e. The van der Waals surface area contributed by atoms with Crippen LogP contribution in [0, 0.1) is 0 Å². The van der Waals surface area contributed by atoms with Gasteiger partial charge in [-0.15, -0.1) is 10.2 Å². The molecule has 0 bridgehead atoms. The summed E-state index contributed by atoms with van der Waals surface area (Å²) >= 11 is 2.41. The fourth-order valence-electron chi connectivity index (χ4n) is 1.00. The molecule has 1 aromatic heterocycles. The summed E-state index contributed by atoms with van der Waals surface area (Å²) in [6.07, 6.45) is -2.56. The van der Waals surface area contributed by atoms with E-state index in [1.165, 1.54) is 18.7 Å². The Morgan fingerprint density at radius 3 is 2.74 bits per heavy atom. The number of rotatable bonds is 6. The Labute approximate surface area is 116 Å². The molecule has 1 N–H and O–H groups in total. The molecule has 1 rings (SSSR count). The monoisotopic (exact) mass is 315 g/mol. The molecule has 0 aromatic carbocycles. The number of aromatic nitrogens is 2. The maximum absolute atomic E-state index is 11.9. The molecule has 0 aliphatic carbocycles. The Morgan fingerprint density at radius 1 is 1.47 bits per heavy atom. The van der Waals surface area contributed by atoms with Crippen molar-refractivity contribution < 1.29 is 22.4 Å². The number of alkyl halides is 3. The third kappa shape index (κ3) is 6.19. The molecule has 1 unspecified atom stereocenters. The average Bonchev–Trinajstić information content (AvgIpc) is 2.73. The van der Waals surface area contributed by atoms with Gasteiger partial charge in [-0.05, 0) is 13.2 Å². The van der Waals surface area contributed by atoms with Crippen LogP contribution in [0.3, 0.4) is 0 Å². The Bertz CT molecular complexity index is 425. The number of halogens is 3. The lowest BCUT2D eigenvalue weighted by atomic mass is 10.4. The van der Waals surface area contributed by atoms with E-state index in [1.807, 2.05) is 6.26 Å². The molecule has 1 amide bonds. The fourth-order valence-corrected chi connectivity index (χ4v) is 2.09. The van der Waals surface area contributed by atoms with Gasteiger partial charge in [0.05, 0.1) is 11.0 Å². The number of carbonyl (C=O) groups excluding carboxylic acids is 1. The molecule has 108 valence electrons. The number of amides is 1. The number of hydrogen-bond donors (Lipinski definition) is 1. The minimum Gasteiger partial charge on any atom is -0.415 e. The summed E-state index contributed by atoms with van der Waals surface area (Å²) in [6.45, 7) is 0.118. The third-order valence-electron chi connectivity index (χ3n) is 1.83. The van der Waals surface area contributed by atoms with Gasteiger partial charge in [-0.1, -0.05) is 11.8 Å². The molecule has 0 spiro atoms. The molecule has 1 heterocycles. The molecule has 0 radical (unpaired) electrons. The van der Waals surface area contributed by atoms with Crippen molar-refractivity contribution in [3.05, 3.63) is 5.89 Å². The van der Waals surface area contributed by atoms with Crippen LogP contribution in [0.1, 0.15) is 12.8 Å². The van der Waals surface area contributed by atoms with Crippen molar-refractivity contribution in [1.29, 1.82) is 0 Å². The minimum absolute atomic E-state index is 0.165. The molecule has 0 saturated heterocycles. The zero-order valence-corrected chi connectivity index (χ0v) is 11.8. The number of carbonyl (C=O) groups is 1. The predicted molar refractivity (Wildman–Crippen MR) is 65.9 cm³/mol. The minimum atomic E-state index is -4.42. The van der Waals surface area contributed by atoms with Gasteiger partial charge in [0.1, 0.15) is 6.54 Å². The molecular formula is C9H12F3N3O2S2. The zero-order chi connectivity index (χ0) is 14.5. The summed E-state index contributed by atoms with van der Waals surface area (Å²) < 4.78 is 41.0. The molecule has 0 saturated carbocycles. The van der Waals surface area contributed by atoms with E-state index in [0.717, 1.165) is 11.8 Å². The summed E-state index contributed by atoms with van der Waals surface area (Å²) in [7, 11) is 0. The second-order valence-electron chi connectivity index (χ2n) is 3.49. The lowest BCUT2D eigenvalue weighted by Gasteiger charge is -2.11. The Kier molecular flexibility index (Phi) is 5.98. The highest BCUT2D eigenvalue weighted by atomic mass is 32.2. The van der Waals surface area contributed by atoms with Gasteiger partial charge < -0.3 is 9.73 Å². The van der Waals surface area contributed by atoms with Gasteiger partial charge in [-0.2, -0.15) is 24.9 Å². The highest BCUT2D eigenvalue weighted by Gasteiger charge is 2.29. The van der Waals surface area contributed by atoms with Gasteiger partial charge in [-0.3, -0.25) is 4.79 Å². The summed E-state index contributed by atoms with van der Waals surface area (Å²) in [6, 6.07) is 0. The van der Waals surface area contributed by atoms with E-state index in [0.29, 0.717) is 11.6 Å². The van der Waals surface area contributed by atoms with Crippen LogP contribution in [0.25, 0.3) is 0 Å². The van der Waals surface area contributed by atoms with E-state index >= 15 is 0 Å². The Balaban J connectivity index is 2.44. The van der Waals surface area contributed by atoms with E-state index in [9.17, 15) is 18.0 Å². The number of nitrogens with zero attached hydrogens (tertiary/aromatic N) is 2. The van der Waals surface area contributed by atoms with Crippen molar-refractivity contribution in [3.63, 3.8) is 0 Å². The molecule has 5 nitrogen and oxygen atoms in total. The Morgan fingerprint density at radius 2 is 2.16 bits per heavy atom. The molecule has 10 heteroatoms. The first-order valence-electron chi connectivity index (χ1n) is 5.14. The van der Waals surface area contributed by atoms with Crippen molar-refractivity contribution in [1.82, 2.24) is 15.5 Å². The molecule has 0 fully saturated rings. The highest BCUT2D eigenvalue weighted by Crippen LogP contribution is 2.23. The van der Waals surface area contributed by atoms with Crippen LogP contribution >= 0.6 is 23.5 Å². The van der Waals surface area contributed by atoms with Gasteiger partial charge in [0.25, 0.3) is 5.22 Å². The summed E-state index contributed by atoms with van der Waals surface area (Å²) in [5, 5.41) is 8.65. The Hall–Kier alpha value is -0.900. The molecular weight excluding hydrogens is 303 g/mol. The number of thioether (sulfide) groups is 2. The van der Waals surface area contributed by atoms with Gasteiger partial charge >= 0.3 is 6.18 Å². The molecule has 19 heavy (non-hydrogen) atoms. The molecule has 0 aliphatic heterocycles. The van der Waals surface area contributed by atoms with Crippen LogP contribution < -0.4 is 5.32 Å². The number of nitrogens with one attached hydrogen (secondary N) is 1. The van der Waals surface area contributed by atoms with Crippen molar-refractivity contribution in [2.45, 2.75) is 29.3 Å². The first-order chi connectivity index (χ1) is 8.81. The van der Waals surface area contributed by atoms with Gasteiger partial charge in [0, 0.05) is 0 Å². The molecule has 1 atom stereocenters. The maximum atomic E-state index is 11.9. The van der Waals surface area contributed by atoms with Crippen molar-refractivity contribution in [3.8, 4) is 0 Å². The van der Waals surface area contributed by atoms with E-state index in [1.54, 1.807) is 5.32 Å². The SMILES string of the molecule is CSCc1nnc(SC(C)C(=O)NCC(F)(F)F)o1. The summed E-state index contributed by atoms with van der Waals surface area (Å²) in [5.74, 6) is 0.229. The zero-order valence-electron chi connectivity index (χ0n) is 10.2. The van der Waals surface area contributed by atoms with Gasteiger partial charge in [-0.25, -0.2) is 0 Å². The van der Waals surface area contributed by atoms with Crippen LogP contribution in [0.15, 0.2) is 9.64 Å². The molecule has 0 aliphatic rings. The third-order valence-corrected chi connectivity index (χ3v) is 3.30. The lowest BCUT2D eigenvalue weighted by molar-refractivity contribution is -0.137. The quantitative estimate of drug-likeness (QED) is 0.811. The largest absolute Gasteiger partial charge is 0.415 e. The van der Waals surface area contributed by atoms with Gasteiger partial charge in [0.15, 0.2) is 0 Å². The van der Waals surface area contributed by atoms with Crippen LogP contribution in [-0.2, 0) is 10.5 Å². The normalized spacial score (nSPS) is 13.3. The second-order valence-corrected chi connectivity index (χ2v) is 5.65. The van der Waals surface area contributed by atoms with E-state index in [4.69, 9.17) is 4.42 Å². The van der Waals surface area contributed by atoms with Crippen LogP contribution in [-0.4, -0.2) is 40.3 Å². The summed E-state index contributed by atoms with van der Waals surface area (Å²) in [4.78, 5) is 11.4. The molecule has 1 aromatic rings. The highest BCUT2D eigenvalue weighted by molar-refractivity contribution is 8.00. The van der Waals surface area contributed by atoms with Crippen LogP contribution in [0.5, 0.6) is 0 Å². The number of hydrogen-bond acceptors (Lipinski definition) is 6. The van der Waals surface area contributed by atoms with E-state index in [2.05, 4.69) is 10.2 Å². The van der Waals surface area contributed by atoms with E-state index < -0.39 is 23.9 Å². The van der Waals surface area contributed by atoms with Gasteiger partial charge in [0.2, 0.25) is 11.8 Å². The van der Waals surface area contributed by atoms with Crippen molar-refractivity contribution in [2.24, 2.45) is 0 Å². The van der Waals surface area contributed by atoms with E-state index in [-0.39, 0.29) is 5.22 Å². The summed E-state index contributed by atoms with van der Waals surface area (Å²) in [5.41, 5.74) is 0. The first-order valence-corrected chi connectivity index (χ1v) is 7.41. The van der Waals surface area contributed by atoms with Crippen molar-refractivity contribution >= 4 is 29.4 Å². The lowest BCUT2D eigenvalue weighted by Crippen LogP contribution is -2.37. The first kappa shape index (κ1) is 16.2. The van der Waals surface area contributed by atoms with Crippen LogP contribution in [0.4, 0.5) is 13.2 Å². The second kappa shape index (κ2) is 7.04. The predicted octanol–water partition coefficient (Wildman–Crippen LogP) is 2.09. The maximum Gasteiger partial charge on any atom is 0.405 e. The van der Waals surface area contributed by atoms with Crippen molar-refractivity contribution in [2.75, 3.05) is 12.8 Å². The fraction of sp³-hybridized carbons (Fsp3) is 0.667. The van der Waals surface area contributed by atoms with Crippen LogP contribution in [0.2, 0.25) is 0 Å².